The number of sulfonamides is 1. The third kappa shape index (κ3) is 7.03. The van der Waals surface area contributed by atoms with Gasteiger partial charge >= 0.3 is 0 Å². The van der Waals surface area contributed by atoms with Gasteiger partial charge in [-0.1, -0.05) is 53.5 Å². The fourth-order valence-corrected chi connectivity index (χ4v) is 3.71. The molecule has 27 heavy (non-hydrogen) atoms. The Morgan fingerprint density at radius 2 is 1.85 bits per heavy atom. The van der Waals surface area contributed by atoms with E-state index in [0.717, 1.165) is 16.1 Å². The molecule has 0 saturated heterocycles. The van der Waals surface area contributed by atoms with Crippen LogP contribution in [0.2, 0.25) is 10.0 Å². The maximum Gasteiger partial charge on any atom is 0.240 e. The molecule has 0 heterocycles. The van der Waals surface area contributed by atoms with Crippen LogP contribution in [0.15, 0.2) is 48.5 Å². The summed E-state index contributed by atoms with van der Waals surface area (Å²) < 4.78 is 30.5. The number of nitrogens with one attached hydrogen (secondary N) is 1. The Kier molecular flexibility index (Phi) is 7.91. The van der Waals surface area contributed by atoms with Gasteiger partial charge < -0.3 is 10.1 Å². The number of carbonyl (C=O) groups excluding carboxylic acids is 1. The van der Waals surface area contributed by atoms with Crippen LogP contribution in [0.1, 0.15) is 5.56 Å². The molecule has 0 aliphatic heterocycles. The fraction of sp³-hybridized carbons (Fsp3) is 0.278. The van der Waals surface area contributed by atoms with E-state index in [4.69, 9.17) is 27.9 Å². The molecule has 2 aromatic rings. The number of amides is 1. The van der Waals surface area contributed by atoms with Crippen LogP contribution in [0, 0.1) is 0 Å². The minimum atomic E-state index is -3.71. The van der Waals surface area contributed by atoms with E-state index >= 15 is 0 Å². The monoisotopic (exact) mass is 430 g/mol. The van der Waals surface area contributed by atoms with Crippen molar-refractivity contribution in [2.24, 2.45) is 0 Å². The smallest absolute Gasteiger partial charge is 0.240 e. The highest BCUT2D eigenvalue weighted by atomic mass is 35.5. The second kappa shape index (κ2) is 9.94. The van der Waals surface area contributed by atoms with Crippen molar-refractivity contribution >= 4 is 44.8 Å². The number of rotatable bonds is 9. The van der Waals surface area contributed by atoms with E-state index in [1.54, 1.807) is 0 Å². The number of anilines is 1. The van der Waals surface area contributed by atoms with Crippen molar-refractivity contribution in [3.05, 3.63) is 64.1 Å². The van der Waals surface area contributed by atoms with Crippen molar-refractivity contribution in [1.29, 1.82) is 0 Å². The Morgan fingerprint density at radius 1 is 1.15 bits per heavy atom. The summed E-state index contributed by atoms with van der Waals surface area (Å²) in [7, 11) is -3.71. The van der Waals surface area contributed by atoms with Crippen LogP contribution in [0.3, 0.4) is 0 Å². The van der Waals surface area contributed by atoms with E-state index in [1.807, 2.05) is 30.3 Å². The van der Waals surface area contributed by atoms with Gasteiger partial charge in [-0.2, -0.15) is 0 Å². The first-order chi connectivity index (χ1) is 12.8. The van der Waals surface area contributed by atoms with Crippen LogP contribution < -0.4 is 9.62 Å². The predicted octanol–water partition coefficient (Wildman–Crippen LogP) is 3.09. The van der Waals surface area contributed by atoms with Gasteiger partial charge in [-0.05, 0) is 23.8 Å². The minimum Gasteiger partial charge on any atom is -0.375 e. The summed E-state index contributed by atoms with van der Waals surface area (Å²) in [6.07, 6.45) is 1.01. The fourth-order valence-electron chi connectivity index (χ4n) is 2.28. The number of carbonyl (C=O) groups is 1. The second-order valence-corrected chi connectivity index (χ2v) is 8.50. The molecule has 0 atom stereocenters. The maximum absolute atomic E-state index is 12.1. The summed E-state index contributed by atoms with van der Waals surface area (Å²) in [6, 6.07) is 14.0. The number of halogens is 2. The topological polar surface area (TPSA) is 75.7 Å². The molecule has 0 unspecified atom stereocenters. The molecule has 0 aliphatic carbocycles. The predicted molar refractivity (Wildman–Crippen MR) is 108 cm³/mol. The van der Waals surface area contributed by atoms with Crippen molar-refractivity contribution in [2.45, 2.75) is 6.61 Å². The summed E-state index contributed by atoms with van der Waals surface area (Å²) in [5.74, 6) is -0.463. The Labute approximate surface area is 169 Å². The molecule has 9 heteroatoms. The second-order valence-electron chi connectivity index (χ2n) is 5.75. The molecule has 0 aromatic heterocycles. The highest BCUT2D eigenvalue weighted by Gasteiger charge is 2.23. The molecule has 146 valence electrons. The number of ether oxygens (including phenoxy) is 1. The van der Waals surface area contributed by atoms with Gasteiger partial charge in [0.2, 0.25) is 15.9 Å². The van der Waals surface area contributed by atoms with Crippen LogP contribution in [0.4, 0.5) is 5.69 Å². The molecule has 6 nitrogen and oxygen atoms in total. The lowest BCUT2D eigenvalue weighted by molar-refractivity contribution is -0.119. The Hall–Kier alpha value is -1.80. The molecule has 0 aliphatic rings. The van der Waals surface area contributed by atoms with Crippen LogP contribution in [-0.2, 0) is 26.2 Å². The summed E-state index contributed by atoms with van der Waals surface area (Å²) in [6.45, 7) is 0.615. The molecular formula is C18H20Cl2N2O4S. The van der Waals surface area contributed by atoms with Gasteiger partial charge in [0.05, 0.1) is 30.2 Å². The molecule has 0 bridgehead atoms. The highest BCUT2D eigenvalue weighted by molar-refractivity contribution is 7.92. The lowest BCUT2D eigenvalue weighted by Crippen LogP contribution is -2.41. The molecule has 0 radical (unpaired) electrons. The first-order valence-corrected chi connectivity index (χ1v) is 10.7. The Balaban J connectivity index is 1.87. The van der Waals surface area contributed by atoms with E-state index in [0.29, 0.717) is 18.2 Å². The van der Waals surface area contributed by atoms with E-state index in [2.05, 4.69) is 5.32 Å². The van der Waals surface area contributed by atoms with Crippen LogP contribution in [0.5, 0.6) is 0 Å². The number of hydrogen-bond acceptors (Lipinski definition) is 4. The minimum absolute atomic E-state index is 0.145. The Morgan fingerprint density at radius 3 is 2.48 bits per heavy atom. The van der Waals surface area contributed by atoms with Gasteiger partial charge in [0.1, 0.15) is 6.54 Å². The van der Waals surface area contributed by atoms with Crippen molar-refractivity contribution in [1.82, 2.24) is 5.32 Å². The lowest BCUT2D eigenvalue weighted by atomic mass is 10.2. The molecule has 2 aromatic carbocycles. The van der Waals surface area contributed by atoms with Crippen LogP contribution in [-0.4, -0.2) is 40.3 Å². The SMILES string of the molecule is CS(=O)(=O)N(CC(=O)NCCOCc1ccccc1)c1ccc(Cl)cc1Cl. The van der Waals surface area contributed by atoms with E-state index in [-0.39, 0.29) is 17.3 Å². The van der Waals surface area contributed by atoms with Gasteiger partial charge in [0, 0.05) is 11.6 Å². The summed E-state index contributed by atoms with van der Waals surface area (Å²) in [4.78, 5) is 12.1. The number of nitrogens with zero attached hydrogens (tertiary/aromatic N) is 1. The zero-order chi connectivity index (χ0) is 19.9. The van der Waals surface area contributed by atoms with E-state index < -0.39 is 22.5 Å². The van der Waals surface area contributed by atoms with E-state index in [1.165, 1.54) is 18.2 Å². The van der Waals surface area contributed by atoms with Gasteiger partial charge in [0.15, 0.2) is 0 Å². The molecule has 1 amide bonds. The van der Waals surface area contributed by atoms with Crippen molar-refractivity contribution < 1.29 is 17.9 Å². The van der Waals surface area contributed by atoms with Crippen LogP contribution in [0.25, 0.3) is 0 Å². The quantitative estimate of drug-likeness (QED) is 0.620. The van der Waals surface area contributed by atoms with Gasteiger partial charge in [-0.3, -0.25) is 9.10 Å². The molecule has 2 rings (SSSR count). The van der Waals surface area contributed by atoms with E-state index in [9.17, 15) is 13.2 Å². The molecule has 0 fully saturated rings. The number of hydrogen-bond donors (Lipinski definition) is 1. The lowest BCUT2D eigenvalue weighted by Gasteiger charge is -2.23. The zero-order valence-electron chi connectivity index (χ0n) is 14.7. The first-order valence-electron chi connectivity index (χ1n) is 8.08. The third-order valence-corrected chi connectivity index (χ3v) is 5.21. The Bertz CT molecular complexity index is 876. The largest absolute Gasteiger partial charge is 0.375 e. The summed E-state index contributed by atoms with van der Waals surface area (Å²) >= 11 is 11.9. The zero-order valence-corrected chi connectivity index (χ0v) is 17.0. The first kappa shape index (κ1) is 21.5. The summed E-state index contributed by atoms with van der Waals surface area (Å²) in [5, 5.41) is 3.15. The van der Waals surface area contributed by atoms with Crippen molar-refractivity contribution in [3.63, 3.8) is 0 Å². The van der Waals surface area contributed by atoms with Gasteiger partial charge in [-0.15, -0.1) is 0 Å². The van der Waals surface area contributed by atoms with Crippen LogP contribution >= 0.6 is 23.2 Å². The molecule has 0 saturated carbocycles. The standard InChI is InChI=1S/C18H20Cl2N2O4S/c1-27(24,25)22(17-8-7-15(19)11-16(17)20)12-18(23)21-9-10-26-13-14-5-3-2-4-6-14/h2-8,11H,9-10,12-13H2,1H3,(H,21,23). The number of benzene rings is 2. The van der Waals surface area contributed by atoms with Gasteiger partial charge in [-0.25, -0.2) is 8.42 Å². The van der Waals surface area contributed by atoms with Crippen molar-refractivity contribution in [3.8, 4) is 0 Å². The average Bonchev–Trinajstić information content (AvgIpc) is 2.60. The van der Waals surface area contributed by atoms with Gasteiger partial charge in [0.25, 0.3) is 0 Å². The maximum atomic E-state index is 12.1. The van der Waals surface area contributed by atoms with Crippen molar-refractivity contribution in [2.75, 3.05) is 30.3 Å². The highest BCUT2D eigenvalue weighted by Crippen LogP contribution is 2.30. The molecule has 1 N–H and O–H groups in total. The molecular weight excluding hydrogens is 411 g/mol. The molecule has 0 spiro atoms. The third-order valence-electron chi connectivity index (χ3n) is 3.55. The normalized spacial score (nSPS) is 11.2. The average molecular weight is 431 g/mol. The summed E-state index contributed by atoms with van der Waals surface area (Å²) in [5.41, 5.74) is 1.23.